The molecule has 1 N–H and O–H groups in total. The zero-order valence-corrected chi connectivity index (χ0v) is 11.3. The van der Waals surface area contributed by atoms with E-state index in [1.807, 2.05) is 0 Å². The molecule has 0 bridgehead atoms. The molecule has 0 radical (unpaired) electrons. The average molecular weight is 217 g/mol. The lowest BCUT2D eigenvalue weighted by Gasteiger charge is -2.20. The summed E-state index contributed by atoms with van der Waals surface area (Å²) in [6.07, 6.45) is 3.90. The molecule has 0 aliphatic heterocycles. The molecular formula is C12H27NS. The Morgan fingerprint density at radius 3 is 2.21 bits per heavy atom. The SMILES string of the molecule is CCC(C)CC(CSC(C)CC)NC. The van der Waals surface area contributed by atoms with Gasteiger partial charge in [0.25, 0.3) is 0 Å². The van der Waals surface area contributed by atoms with Gasteiger partial charge in [0.15, 0.2) is 0 Å². The van der Waals surface area contributed by atoms with E-state index in [2.05, 4.69) is 51.8 Å². The second-order valence-corrected chi connectivity index (χ2v) is 5.76. The Bertz CT molecular complexity index is 127. The zero-order valence-electron chi connectivity index (χ0n) is 10.5. The van der Waals surface area contributed by atoms with Gasteiger partial charge in [0.2, 0.25) is 0 Å². The predicted molar refractivity (Wildman–Crippen MR) is 69.1 cm³/mol. The molecule has 3 atom stereocenters. The Balaban J connectivity index is 3.68. The van der Waals surface area contributed by atoms with E-state index in [4.69, 9.17) is 0 Å². The van der Waals surface area contributed by atoms with Crippen molar-refractivity contribution in [1.82, 2.24) is 5.32 Å². The van der Waals surface area contributed by atoms with Crippen LogP contribution in [0.25, 0.3) is 0 Å². The van der Waals surface area contributed by atoms with Crippen molar-refractivity contribution in [2.24, 2.45) is 5.92 Å². The standard InChI is InChI=1S/C12H27NS/c1-6-10(3)8-12(13-5)9-14-11(4)7-2/h10-13H,6-9H2,1-5H3. The molecule has 1 nitrogen and oxygen atoms in total. The summed E-state index contributed by atoms with van der Waals surface area (Å²) < 4.78 is 0. The quantitative estimate of drug-likeness (QED) is 0.667. The molecule has 14 heavy (non-hydrogen) atoms. The van der Waals surface area contributed by atoms with E-state index in [9.17, 15) is 0 Å². The van der Waals surface area contributed by atoms with Gasteiger partial charge in [-0.3, -0.25) is 0 Å². The van der Waals surface area contributed by atoms with Gasteiger partial charge in [-0.15, -0.1) is 0 Å². The first-order valence-electron chi connectivity index (χ1n) is 5.92. The molecule has 0 saturated carbocycles. The van der Waals surface area contributed by atoms with Crippen LogP contribution in [0, 0.1) is 5.92 Å². The molecular weight excluding hydrogens is 190 g/mol. The first-order chi connectivity index (χ1) is 6.63. The van der Waals surface area contributed by atoms with Gasteiger partial charge < -0.3 is 5.32 Å². The van der Waals surface area contributed by atoms with Gasteiger partial charge >= 0.3 is 0 Å². The van der Waals surface area contributed by atoms with Crippen LogP contribution in [-0.2, 0) is 0 Å². The molecule has 0 aromatic rings. The van der Waals surface area contributed by atoms with Crippen LogP contribution in [0.2, 0.25) is 0 Å². The summed E-state index contributed by atoms with van der Waals surface area (Å²) >= 11 is 2.10. The smallest absolute Gasteiger partial charge is 0.0157 e. The second-order valence-electron chi connectivity index (χ2n) is 4.29. The van der Waals surface area contributed by atoms with Gasteiger partial charge in [-0.1, -0.05) is 34.1 Å². The predicted octanol–water partition coefficient (Wildman–Crippen LogP) is 3.54. The molecule has 0 spiro atoms. The number of thioether (sulfide) groups is 1. The Hall–Kier alpha value is 0.310. The van der Waals surface area contributed by atoms with Crippen molar-refractivity contribution >= 4 is 11.8 Å². The third-order valence-electron chi connectivity index (χ3n) is 2.95. The first-order valence-corrected chi connectivity index (χ1v) is 6.97. The van der Waals surface area contributed by atoms with Crippen LogP contribution in [-0.4, -0.2) is 24.1 Å². The highest BCUT2D eigenvalue weighted by Gasteiger charge is 2.11. The summed E-state index contributed by atoms with van der Waals surface area (Å²) in [6.45, 7) is 9.21. The lowest BCUT2D eigenvalue weighted by molar-refractivity contribution is 0.436. The minimum atomic E-state index is 0.698. The van der Waals surface area contributed by atoms with Gasteiger partial charge in [0, 0.05) is 17.0 Å². The van der Waals surface area contributed by atoms with Crippen LogP contribution in [0.3, 0.4) is 0 Å². The van der Waals surface area contributed by atoms with Crippen LogP contribution in [0.1, 0.15) is 47.0 Å². The highest BCUT2D eigenvalue weighted by atomic mass is 32.2. The minimum Gasteiger partial charge on any atom is -0.316 e. The molecule has 0 aromatic heterocycles. The van der Waals surface area contributed by atoms with Crippen LogP contribution < -0.4 is 5.32 Å². The van der Waals surface area contributed by atoms with Gasteiger partial charge in [0.1, 0.15) is 0 Å². The van der Waals surface area contributed by atoms with E-state index in [0.29, 0.717) is 6.04 Å². The van der Waals surface area contributed by atoms with Gasteiger partial charge in [-0.25, -0.2) is 0 Å². The monoisotopic (exact) mass is 217 g/mol. The fourth-order valence-corrected chi connectivity index (χ4v) is 2.42. The third kappa shape index (κ3) is 6.72. The molecule has 86 valence electrons. The number of hydrogen-bond acceptors (Lipinski definition) is 2. The molecule has 0 aliphatic rings. The molecule has 0 amide bonds. The maximum atomic E-state index is 3.43. The zero-order chi connectivity index (χ0) is 11.0. The molecule has 0 fully saturated rings. The Labute approximate surface area is 94.4 Å². The normalized spacial score (nSPS) is 17.8. The maximum absolute atomic E-state index is 3.43. The van der Waals surface area contributed by atoms with Gasteiger partial charge in [-0.2, -0.15) is 11.8 Å². The van der Waals surface area contributed by atoms with Crippen molar-refractivity contribution in [2.45, 2.75) is 58.2 Å². The van der Waals surface area contributed by atoms with Crippen LogP contribution in [0.15, 0.2) is 0 Å². The highest BCUT2D eigenvalue weighted by Crippen LogP contribution is 2.18. The van der Waals surface area contributed by atoms with Crippen LogP contribution in [0.5, 0.6) is 0 Å². The Morgan fingerprint density at radius 2 is 1.79 bits per heavy atom. The molecule has 0 rings (SSSR count). The summed E-state index contributed by atoms with van der Waals surface area (Å²) in [5, 5.41) is 4.23. The Morgan fingerprint density at radius 1 is 1.14 bits per heavy atom. The lowest BCUT2D eigenvalue weighted by atomic mass is 10.0. The average Bonchev–Trinajstić information content (AvgIpc) is 2.22. The largest absolute Gasteiger partial charge is 0.316 e. The molecule has 0 aromatic carbocycles. The fourth-order valence-electron chi connectivity index (χ4n) is 1.32. The summed E-state index contributed by atoms with van der Waals surface area (Å²) in [5.74, 6) is 2.11. The summed E-state index contributed by atoms with van der Waals surface area (Å²) in [6, 6.07) is 0.698. The molecule has 2 heteroatoms. The summed E-state index contributed by atoms with van der Waals surface area (Å²) in [4.78, 5) is 0. The highest BCUT2D eigenvalue weighted by molar-refractivity contribution is 7.99. The van der Waals surface area contributed by atoms with E-state index in [0.717, 1.165) is 11.2 Å². The van der Waals surface area contributed by atoms with Crippen LogP contribution in [0.4, 0.5) is 0 Å². The first kappa shape index (κ1) is 14.3. The van der Waals surface area contributed by atoms with E-state index in [-0.39, 0.29) is 0 Å². The second kappa shape index (κ2) is 8.60. The molecule has 0 heterocycles. The number of rotatable bonds is 8. The summed E-state index contributed by atoms with van der Waals surface area (Å²) in [7, 11) is 2.09. The van der Waals surface area contributed by atoms with Gasteiger partial charge in [-0.05, 0) is 25.8 Å². The number of nitrogens with one attached hydrogen (secondary N) is 1. The van der Waals surface area contributed by atoms with Crippen molar-refractivity contribution < 1.29 is 0 Å². The number of hydrogen-bond donors (Lipinski definition) is 1. The topological polar surface area (TPSA) is 12.0 Å². The van der Waals surface area contributed by atoms with Crippen molar-refractivity contribution in [3.05, 3.63) is 0 Å². The molecule has 0 saturated heterocycles. The van der Waals surface area contributed by atoms with E-state index >= 15 is 0 Å². The fraction of sp³-hybridized carbons (Fsp3) is 1.00. The Kier molecular flexibility index (Phi) is 8.80. The van der Waals surface area contributed by atoms with E-state index in [1.165, 1.54) is 25.0 Å². The van der Waals surface area contributed by atoms with E-state index in [1.54, 1.807) is 0 Å². The summed E-state index contributed by atoms with van der Waals surface area (Å²) in [5.41, 5.74) is 0. The third-order valence-corrected chi connectivity index (χ3v) is 4.45. The van der Waals surface area contributed by atoms with Crippen molar-refractivity contribution in [2.75, 3.05) is 12.8 Å². The van der Waals surface area contributed by atoms with Crippen LogP contribution >= 0.6 is 11.8 Å². The molecule has 0 aliphatic carbocycles. The van der Waals surface area contributed by atoms with E-state index < -0.39 is 0 Å². The molecule has 3 unspecified atom stereocenters. The van der Waals surface area contributed by atoms with Crippen molar-refractivity contribution in [3.63, 3.8) is 0 Å². The van der Waals surface area contributed by atoms with Crippen molar-refractivity contribution in [3.8, 4) is 0 Å². The lowest BCUT2D eigenvalue weighted by Crippen LogP contribution is -2.30. The van der Waals surface area contributed by atoms with Crippen molar-refractivity contribution in [1.29, 1.82) is 0 Å². The minimum absolute atomic E-state index is 0.698. The van der Waals surface area contributed by atoms with Gasteiger partial charge in [0.05, 0.1) is 0 Å². The maximum Gasteiger partial charge on any atom is 0.0157 e.